The Morgan fingerprint density at radius 1 is 1.12 bits per heavy atom. The van der Waals surface area contributed by atoms with Crippen LogP contribution in [-0.4, -0.2) is 32.1 Å². The largest absolute Gasteiger partial charge is 0.344 e. The summed E-state index contributed by atoms with van der Waals surface area (Å²) in [5.74, 6) is 0. The number of anilines is 1. The maximum absolute atomic E-state index is 4.14. The van der Waals surface area contributed by atoms with Crippen LogP contribution in [0, 0.1) is 0 Å². The van der Waals surface area contributed by atoms with Crippen molar-refractivity contribution < 1.29 is 0 Å². The maximum atomic E-state index is 4.14. The number of allylic oxidation sites excluding steroid dienone is 1. The van der Waals surface area contributed by atoms with Crippen LogP contribution >= 0.6 is 0 Å². The lowest BCUT2D eigenvalue weighted by Gasteiger charge is -2.27. The molecule has 1 aromatic carbocycles. The molecule has 1 aromatic rings. The third-order valence-electron chi connectivity index (χ3n) is 2.63. The van der Waals surface area contributed by atoms with E-state index >= 15 is 0 Å². The van der Waals surface area contributed by atoms with E-state index < -0.39 is 0 Å². The highest BCUT2D eigenvalue weighted by Crippen LogP contribution is 2.19. The zero-order chi connectivity index (χ0) is 12.0. The van der Waals surface area contributed by atoms with Gasteiger partial charge in [0.05, 0.1) is 0 Å². The van der Waals surface area contributed by atoms with Gasteiger partial charge in [0.25, 0.3) is 0 Å². The van der Waals surface area contributed by atoms with Gasteiger partial charge in [-0.05, 0) is 32.6 Å². The molecule has 0 amide bonds. The van der Waals surface area contributed by atoms with Crippen molar-refractivity contribution in [2.75, 3.05) is 32.1 Å². The summed E-state index contributed by atoms with van der Waals surface area (Å²) in [4.78, 5) is 4.48. The van der Waals surface area contributed by atoms with Crippen LogP contribution in [0.3, 0.4) is 0 Å². The minimum Gasteiger partial charge on any atom is -0.344 e. The van der Waals surface area contributed by atoms with Gasteiger partial charge in [0, 0.05) is 24.5 Å². The molecular weight excluding hydrogens is 196 g/mol. The zero-order valence-electron chi connectivity index (χ0n) is 10.6. The summed E-state index contributed by atoms with van der Waals surface area (Å²) in [5, 5.41) is 0. The summed E-state index contributed by atoms with van der Waals surface area (Å²) in [6.07, 6.45) is 0.988. The number of hydrogen-bond donors (Lipinski definition) is 0. The second-order valence-corrected chi connectivity index (χ2v) is 4.21. The van der Waals surface area contributed by atoms with Crippen molar-refractivity contribution >= 4 is 5.69 Å². The van der Waals surface area contributed by atoms with Crippen LogP contribution in [0.1, 0.15) is 13.3 Å². The van der Waals surface area contributed by atoms with Crippen LogP contribution in [0.5, 0.6) is 0 Å². The predicted octanol–water partition coefficient (Wildman–Crippen LogP) is 2.98. The molecule has 0 aromatic heterocycles. The molecule has 2 nitrogen and oxygen atoms in total. The first kappa shape index (κ1) is 12.8. The van der Waals surface area contributed by atoms with Crippen molar-refractivity contribution in [1.82, 2.24) is 4.90 Å². The third-order valence-corrected chi connectivity index (χ3v) is 2.63. The van der Waals surface area contributed by atoms with Gasteiger partial charge in [-0.25, -0.2) is 0 Å². The maximum Gasteiger partial charge on any atom is 0.0408 e. The minimum absolute atomic E-state index is 0.988. The standard InChI is InChI=1S/C14H22N2/c1-5-13(2)16(12-11-15(3)4)14-9-7-6-8-10-14/h6-10H,2,5,11-12H2,1,3-4H3. The highest BCUT2D eigenvalue weighted by molar-refractivity contribution is 5.51. The average Bonchev–Trinajstić information content (AvgIpc) is 2.30. The van der Waals surface area contributed by atoms with Gasteiger partial charge in [-0.2, -0.15) is 0 Å². The molecule has 2 heteroatoms. The van der Waals surface area contributed by atoms with Crippen molar-refractivity contribution in [2.45, 2.75) is 13.3 Å². The lowest BCUT2D eigenvalue weighted by molar-refractivity contribution is 0.416. The molecule has 1 rings (SSSR count). The fourth-order valence-corrected chi connectivity index (χ4v) is 1.57. The predicted molar refractivity (Wildman–Crippen MR) is 71.8 cm³/mol. The first-order chi connectivity index (χ1) is 7.65. The molecule has 0 bridgehead atoms. The summed E-state index contributed by atoms with van der Waals surface area (Å²) >= 11 is 0. The normalized spacial score (nSPS) is 10.5. The van der Waals surface area contributed by atoms with Gasteiger partial charge in [0.1, 0.15) is 0 Å². The zero-order valence-corrected chi connectivity index (χ0v) is 10.6. The van der Waals surface area contributed by atoms with Crippen LogP contribution < -0.4 is 4.90 Å². The van der Waals surface area contributed by atoms with E-state index in [9.17, 15) is 0 Å². The van der Waals surface area contributed by atoms with Crippen molar-refractivity contribution in [3.05, 3.63) is 42.6 Å². The second kappa shape index (κ2) is 6.33. The first-order valence-corrected chi connectivity index (χ1v) is 5.80. The quantitative estimate of drug-likeness (QED) is 0.724. The molecule has 0 unspecified atom stereocenters. The topological polar surface area (TPSA) is 6.48 Å². The van der Waals surface area contributed by atoms with E-state index in [0.29, 0.717) is 0 Å². The van der Waals surface area contributed by atoms with Crippen LogP contribution in [0.25, 0.3) is 0 Å². The summed E-state index contributed by atoms with van der Waals surface area (Å²) in [7, 11) is 4.19. The molecule has 0 fully saturated rings. The number of benzene rings is 1. The number of likely N-dealkylation sites (N-methyl/N-ethyl adjacent to an activating group) is 1. The van der Waals surface area contributed by atoms with Gasteiger partial charge in [-0.1, -0.05) is 31.7 Å². The van der Waals surface area contributed by atoms with E-state index in [1.54, 1.807) is 0 Å². The van der Waals surface area contributed by atoms with Crippen molar-refractivity contribution in [1.29, 1.82) is 0 Å². The monoisotopic (exact) mass is 218 g/mol. The molecule has 0 spiro atoms. The van der Waals surface area contributed by atoms with Gasteiger partial charge < -0.3 is 9.80 Å². The van der Waals surface area contributed by atoms with Gasteiger partial charge in [0.2, 0.25) is 0 Å². The highest BCUT2D eigenvalue weighted by atomic mass is 15.2. The molecule has 0 atom stereocenters. The van der Waals surface area contributed by atoms with E-state index in [2.05, 4.69) is 61.7 Å². The van der Waals surface area contributed by atoms with E-state index in [1.807, 2.05) is 6.07 Å². The van der Waals surface area contributed by atoms with E-state index in [4.69, 9.17) is 0 Å². The van der Waals surface area contributed by atoms with Gasteiger partial charge in [-0.15, -0.1) is 0 Å². The number of rotatable bonds is 6. The lowest BCUT2D eigenvalue weighted by atomic mass is 10.2. The van der Waals surface area contributed by atoms with Gasteiger partial charge in [0.15, 0.2) is 0 Å². The van der Waals surface area contributed by atoms with Gasteiger partial charge >= 0.3 is 0 Å². The Morgan fingerprint density at radius 2 is 1.75 bits per heavy atom. The molecule has 0 radical (unpaired) electrons. The molecular formula is C14H22N2. The summed E-state index contributed by atoms with van der Waals surface area (Å²) in [5.41, 5.74) is 2.41. The Hall–Kier alpha value is -1.28. The molecule has 0 aliphatic carbocycles. The van der Waals surface area contributed by atoms with Crippen molar-refractivity contribution in [3.8, 4) is 0 Å². The van der Waals surface area contributed by atoms with Crippen LogP contribution in [0.2, 0.25) is 0 Å². The molecule has 0 N–H and O–H groups in total. The number of hydrogen-bond acceptors (Lipinski definition) is 2. The summed E-state index contributed by atoms with van der Waals surface area (Å²) in [6.45, 7) is 8.31. The molecule has 0 saturated heterocycles. The third kappa shape index (κ3) is 3.70. The highest BCUT2D eigenvalue weighted by Gasteiger charge is 2.08. The lowest BCUT2D eigenvalue weighted by Crippen LogP contribution is -2.30. The van der Waals surface area contributed by atoms with Crippen molar-refractivity contribution in [2.24, 2.45) is 0 Å². The molecule has 0 aliphatic heterocycles. The fourth-order valence-electron chi connectivity index (χ4n) is 1.57. The van der Waals surface area contributed by atoms with Crippen molar-refractivity contribution in [3.63, 3.8) is 0 Å². The molecule has 0 saturated carbocycles. The Bertz CT molecular complexity index is 317. The Labute approximate surface area is 99.2 Å². The smallest absolute Gasteiger partial charge is 0.0408 e. The average molecular weight is 218 g/mol. The van der Waals surface area contributed by atoms with Crippen LogP contribution in [0.4, 0.5) is 5.69 Å². The first-order valence-electron chi connectivity index (χ1n) is 5.80. The van der Waals surface area contributed by atoms with E-state index in [-0.39, 0.29) is 0 Å². The fraction of sp³-hybridized carbons (Fsp3) is 0.429. The molecule has 16 heavy (non-hydrogen) atoms. The molecule has 0 heterocycles. The van der Waals surface area contributed by atoms with Gasteiger partial charge in [-0.3, -0.25) is 0 Å². The molecule has 0 aliphatic rings. The summed E-state index contributed by atoms with van der Waals surface area (Å²) < 4.78 is 0. The van der Waals surface area contributed by atoms with Crippen LogP contribution in [-0.2, 0) is 0 Å². The van der Waals surface area contributed by atoms with E-state index in [0.717, 1.165) is 19.5 Å². The minimum atomic E-state index is 0.988. The number of nitrogens with zero attached hydrogens (tertiary/aromatic N) is 2. The SMILES string of the molecule is C=C(CC)N(CCN(C)C)c1ccccc1. The Balaban J connectivity index is 2.76. The molecule has 88 valence electrons. The van der Waals surface area contributed by atoms with E-state index in [1.165, 1.54) is 11.4 Å². The summed E-state index contributed by atoms with van der Waals surface area (Å²) in [6, 6.07) is 10.5. The number of para-hydroxylation sites is 1. The van der Waals surface area contributed by atoms with Crippen LogP contribution in [0.15, 0.2) is 42.6 Å². The Kier molecular flexibility index (Phi) is 5.06. The second-order valence-electron chi connectivity index (χ2n) is 4.21. The Morgan fingerprint density at radius 3 is 2.25 bits per heavy atom.